The van der Waals surface area contributed by atoms with Crippen molar-refractivity contribution < 1.29 is 14.3 Å². The van der Waals surface area contributed by atoms with Gasteiger partial charge in [-0.05, 0) is 49.5 Å². The number of carbonyl (C=O) groups excluding carboxylic acids is 1. The van der Waals surface area contributed by atoms with E-state index in [1.165, 1.54) is 0 Å². The van der Waals surface area contributed by atoms with Gasteiger partial charge < -0.3 is 14.8 Å². The maximum absolute atomic E-state index is 12.9. The molecule has 2 aromatic carbocycles. The molecule has 3 fully saturated rings. The lowest BCUT2D eigenvalue weighted by molar-refractivity contribution is -0.0361. The van der Waals surface area contributed by atoms with E-state index in [2.05, 4.69) is 24.1 Å². The Hall–Kier alpha value is -1.95. The van der Waals surface area contributed by atoms with Crippen LogP contribution in [0.3, 0.4) is 0 Å². The van der Waals surface area contributed by atoms with Gasteiger partial charge in [0.05, 0.1) is 22.7 Å². The predicted molar refractivity (Wildman–Crippen MR) is 126 cm³/mol. The minimum absolute atomic E-state index is 0.0210. The third-order valence-electron chi connectivity index (χ3n) is 7.09. The molecule has 5 nitrogen and oxygen atoms in total. The first kappa shape index (κ1) is 21.9. The number of ether oxygens (including phenoxy) is 2. The Morgan fingerprint density at radius 2 is 1.97 bits per heavy atom. The Labute approximate surface area is 199 Å². The number of nitrogens with zero attached hydrogens (tertiary/aromatic N) is 1. The fourth-order valence-electron chi connectivity index (χ4n) is 5.17. The van der Waals surface area contributed by atoms with E-state index in [9.17, 15) is 4.79 Å². The normalized spacial score (nSPS) is 27.9. The van der Waals surface area contributed by atoms with Gasteiger partial charge in [0.15, 0.2) is 0 Å². The van der Waals surface area contributed by atoms with Gasteiger partial charge in [-0.2, -0.15) is 0 Å². The molecule has 2 bridgehead atoms. The van der Waals surface area contributed by atoms with Crippen molar-refractivity contribution in [3.8, 4) is 16.9 Å². The summed E-state index contributed by atoms with van der Waals surface area (Å²) in [4.78, 5) is 15.3. The largest absolute Gasteiger partial charge is 0.493 e. The summed E-state index contributed by atoms with van der Waals surface area (Å²) in [5.74, 6) is 1.22. The third-order valence-corrected chi connectivity index (χ3v) is 7.90. The zero-order valence-electron chi connectivity index (χ0n) is 18.4. The van der Waals surface area contributed by atoms with Crippen LogP contribution in [0.5, 0.6) is 5.75 Å². The van der Waals surface area contributed by atoms with Crippen LogP contribution in [0.25, 0.3) is 11.1 Å². The Morgan fingerprint density at radius 1 is 1.19 bits per heavy atom. The van der Waals surface area contributed by atoms with Crippen LogP contribution in [-0.4, -0.2) is 43.3 Å². The molecule has 2 atom stereocenters. The first-order chi connectivity index (χ1) is 15.3. The summed E-state index contributed by atoms with van der Waals surface area (Å²) >= 11 is 12.6. The van der Waals surface area contributed by atoms with E-state index in [4.69, 9.17) is 32.7 Å². The van der Waals surface area contributed by atoms with E-state index in [-0.39, 0.29) is 23.7 Å². The van der Waals surface area contributed by atoms with Crippen LogP contribution in [0.4, 0.5) is 4.79 Å². The second kappa shape index (κ2) is 8.44. The van der Waals surface area contributed by atoms with Gasteiger partial charge in [0.1, 0.15) is 11.9 Å². The SMILES string of the molecule is CC1(C)COc2cc(-c3cccc(Cl)c3Cl)ccc2C1NC(=O)O[C@H]1CN2CCC1CC2. The van der Waals surface area contributed by atoms with Gasteiger partial charge in [0.25, 0.3) is 0 Å². The molecule has 1 amide bonds. The van der Waals surface area contributed by atoms with Gasteiger partial charge in [-0.15, -0.1) is 0 Å². The van der Waals surface area contributed by atoms with Crippen LogP contribution < -0.4 is 10.1 Å². The number of halogens is 2. The molecule has 0 radical (unpaired) electrons. The molecule has 32 heavy (non-hydrogen) atoms. The van der Waals surface area contributed by atoms with E-state index < -0.39 is 0 Å². The van der Waals surface area contributed by atoms with Crippen LogP contribution in [0.15, 0.2) is 36.4 Å². The topological polar surface area (TPSA) is 50.8 Å². The van der Waals surface area contributed by atoms with Crippen molar-refractivity contribution in [2.24, 2.45) is 11.3 Å². The van der Waals surface area contributed by atoms with E-state index in [0.717, 1.165) is 54.9 Å². The third kappa shape index (κ3) is 4.07. The van der Waals surface area contributed by atoms with Gasteiger partial charge in [0.2, 0.25) is 0 Å². The molecule has 1 N–H and O–H groups in total. The molecule has 7 heteroatoms. The lowest BCUT2D eigenvalue weighted by Gasteiger charge is -2.44. The summed E-state index contributed by atoms with van der Waals surface area (Å²) in [5, 5.41) is 4.17. The number of amides is 1. The fourth-order valence-corrected chi connectivity index (χ4v) is 5.58. The number of hydrogen-bond donors (Lipinski definition) is 1. The number of benzene rings is 2. The maximum atomic E-state index is 12.9. The molecule has 0 aromatic heterocycles. The first-order valence-corrected chi connectivity index (χ1v) is 12.0. The number of rotatable bonds is 3. The van der Waals surface area contributed by atoms with Gasteiger partial charge in [-0.1, -0.05) is 61.3 Å². The highest BCUT2D eigenvalue weighted by molar-refractivity contribution is 6.43. The Bertz CT molecular complexity index is 1030. The number of hydrogen-bond acceptors (Lipinski definition) is 4. The molecule has 4 aliphatic heterocycles. The summed E-state index contributed by atoms with van der Waals surface area (Å²) in [7, 11) is 0. The first-order valence-electron chi connectivity index (χ1n) is 11.2. The highest BCUT2D eigenvalue weighted by atomic mass is 35.5. The van der Waals surface area contributed by atoms with Crippen molar-refractivity contribution >= 4 is 29.3 Å². The molecule has 3 saturated heterocycles. The smallest absolute Gasteiger partial charge is 0.407 e. The molecule has 0 aliphatic carbocycles. The lowest BCUT2D eigenvalue weighted by Crippen LogP contribution is -2.53. The monoisotopic (exact) mass is 474 g/mol. The van der Waals surface area contributed by atoms with Crippen molar-refractivity contribution in [3.63, 3.8) is 0 Å². The highest BCUT2D eigenvalue weighted by Gasteiger charge is 2.41. The van der Waals surface area contributed by atoms with Gasteiger partial charge in [0, 0.05) is 23.1 Å². The molecule has 4 aliphatic rings. The van der Waals surface area contributed by atoms with Crippen LogP contribution in [0.1, 0.15) is 38.3 Å². The summed E-state index contributed by atoms with van der Waals surface area (Å²) in [6.07, 6.45) is 1.85. The molecule has 0 saturated carbocycles. The van der Waals surface area contributed by atoms with Crippen LogP contribution in [-0.2, 0) is 4.74 Å². The second-order valence-electron chi connectivity index (χ2n) is 9.79. The Balaban J connectivity index is 1.37. The van der Waals surface area contributed by atoms with Crippen molar-refractivity contribution in [1.29, 1.82) is 0 Å². The number of fused-ring (bicyclic) bond motifs is 4. The molecule has 6 rings (SSSR count). The van der Waals surface area contributed by atoms with Crippen LogP contribution in [0, 0.1) is 11.3 Å². The number of piperidine rings is 3. The highest BCUT2D eigenvalue weighted by Crippen LogP contribution is 2.45. The lowest BCUT2D eigenvalue weighted by atomic mass is 9.78. The molecule has 170 valence electrons. The van der Waals surface area contributed by atoms with E-state index in [0.29, 0.717) is 22.6 Å². The van der Waals surface area contributed by atoms with E-state index in [1.807, 2.05) is 30.3 Å². The summed E-state index contributed by atoms with van der Waals surface area (Å²) < 4.78 is 12.0. The van der Waals surface area contributed by atoms with Crippen molar-refractivity contribution in [2.45, 2.75) is 38.8 Å². The molecule has 2 aromatic rings. The quantitative estimate of drug-likeness (QED) is 0.597. The summed E-state index contributed by atoms with van der Waals surface area (Å²) in [6, 6.07) is 11.3. The molecule has 0 spiro atoms. The number of nitrogens with one attached hydrogen (secondary N) is 1. The Kier molecular flexibility index (Phi) is 5.77. The fraction of sp³-hybridized carbons (Fsp3) is 0.480. The van der Waals surface area contributed by atoms with Gasteiger partial charge >= 0.3 is 6.09 Å². The van der Waals surface area contributed by atoms with E-state index in [1.54, 1.807) is 6.07 Å². The number of alkyl carbamates (subject to hydrolysis) is 1. The summed E-state index contributed by atoms with van der Waals surface area (Å²) in [5.41, 5.74) is 2.43. The maximum Gasteiger partial charge on any atom is 0.407 e. The van der Waals surface area contributed by atoms with Crippen molar-refractivity contribution in [1.82, 2.24) is 10.2 Å². The molecule has 4 heterocycles. The van der Waals surface area contributed by atoms with E-state index >= 15 is 0 Å². The summed E-state index contributed by atoms with van der Waals surface area (Å²) in [6.45, 7) is 7.75. The second-order valence-corrected chi connectivity index (χ2v) is 10.6. The average molecular weight is 475 g/mol. The average Bonchev–Trinajstić information content (AvgIpc) is 2.78. The zero-order chi connectivity index (χ0) is 22.5. The standard InChI is InChI=1S/C25H28Cl2N2O3/c1-25(2)14-31-20-12-16(17-4-3-5-19(26)22(17)27)6-7-18(20)23(25)28-24(30)32-21-13-29-10-8-15(21)9-11-29/h3-7,12,15,21,23H,8-11,13-14H2,1-2H3,(H,28,30)/t21-,23?/m0/s1. The number of carbonyl (C=O) groups is 1. The van der Waals surface area contributed by atoms with Crippen LogP contribution >= 0.6 is 23.2 Å². The Morgan fingerprint density at radius 3 is 2.69 bits per heavy atom. The van der Waals surface area contributed by atoms with Crippen molar-refractivity contribution in [2.75, 3.05) is 26.2 Å². The van der Waals surface area contributed by atoms with Crippen molar-refractivity contribution in [3.05, 3.63) is 52.0 Å². The minimum atomic E-state index is -0.350. The van der Waals surface area contributed by atoms with Gasteiger partial charge in [-0.3, -0.25) is 4.90 Å². The minimum Gasteiger partial charge on any atom is -0.493 e. The molecule has 1 unspecified atom stereocenters. The zero-order valence-corrected chi connectivity index (χ0v) is 19.9. The molecular weight excluding hydrogens is 447 g/mol. The van der Waals surface area contributed by atoms with Gasteiger partial charge in [-0.25, -0.2) is 4.79 Å². The predicted octanol–water partition coefficient (Wildman–Crippen LogP) is 5.94. The molecular formula is C25H28Cl2N2O3. The van der Waals surface area contributed by atoms with Crippen LogP contribution in [0.2, 0.25) is 10.0 Å².